The third-order valence-corrected chi connectivity index (χ3v) is 21.7. The Balaban J connectivity index is 0.00000264. The summed E-state index contributed by atoms with van der Waals surface area (Å²) in [5.41, 5.74) is 3.68. The molecule has 2 aliphatic carbocycles. The summed E-state index contributed by atoms with van der Waals surface area (Å²) in [5, 5.41) is 0. The second kappa shape index (κ2) is 9.03. The molecule has 24 heavy (non-hydrogen) atoms. The van der Waals surface area contributed by atoms with Gasteiger partial charge >= 0.3 is 146 Å². The molecule has 0 fully saturated rings. The molecule has 0 saturated carbocycles. The molecule has 0 atom stereocenters. The van der Waals surface area contributed by atoms with E-state index in [1.807, 2.05) is 6.56 Å². The number of hydrogen-bond acceptors (Lipinski definition) is 0. The smallest absolute Gasteiger partial charge is 1.00 e. The van der Waals surface area contributed by atoms with Crippen molar-refractivity contribution in [2.75, 3.05) is 0 Å². The topological polar surface area (TPSA) is 0 Å². The normalized spacial score (nSPS) is 16.8. The molecule has 134 valence electrons. The van der Waals surface area contributed by atoms with Crippen molar-refractivity contribution in [2.24, 2.45) is 10.8 Å². The summed E-state index contributed by atoms with van der Waals surface area (Å²) in [4.78, 5) is 0. The Morgan fingerprint density at radius 1 is 0.875 bits per heavy atom. The van der Waals surface area contributed by atoms with Crippen molar-refractivity contribution in [1.82, 2.24) is 0 Å². The van der Waals surface area contributed by atoms with Gasteiger partial charge in [0.05, 0.1) is 0 Å². The second-order valence-corrected chi connectivity index (χ2v) is 26.3. The van der Waals surface area contributed by atoms with Crippen LogP contribution in [-0.2, 0) is 20.4 Å². The third-order valence-electron chi connectivity index (χ3n) is 4.71. The third kappa shape index (κ3) is 5.83. The van der Waals surface area contributed by atoms with Gasteiger partial charge in [-0.3, -0.25) is 0 Å². The Kier molecular flexibility index (Phi) is 9.27. The molecule has 2 aliphatic rings. The van der Waals surface area contributed by atoms with E-state index in [1.54, 1.807) is 11.1 Å². The van der Waals surface area contributed by atoms with Crippen LogP contribution in [0.1, 0.15) is 54.4 Å². The Bertz CT molecular complexity index is 632. The van der Waals surface area contributed by atoms with Crippen LogP contribution in [0.4, 0.5) is 0 Å². The van der Waals surface area contributed by atoms with E-state index in [1.165, 1.54) is 12.8 Å². The molecule has 0 bridgehead atoms. The Hall–Kier alpha value is 0.640. The van der Waals surface area contributed by atoms with E-state index in [2.05, 4.69) is 78.9 Å². The van der Waals surface area contributed by atoms with Gasteiger partial charge in [0.15, 0.2) is 0 Å². The maximum atomic E-state index is 2.60. The molecule has 0 aromatic heterocycles. The molecule has 0 heterocycles. The summed E-state index contributed by atoms with van der Waals surface area (Å²) >= 11 is -1.59. The van der Waals surface area contributed by atoms with Crippen LogP contribution in [0.5, 0.6) is 0 Å². The summed E-state index contributed by atoms with van der Waals surface area (Å²) in [7, 11) is 0. The molecular formula is C20H32Cl2SiZr. The van der Waals surface area contributed by atoms with Gasteiger partial charge < -0.3 is 24.8 Å². The van der Waals surface area contributed by atoms with E-state index < -0.39 is 20.4 Å². The molecule has 0 spiro atoms. The van der Waals surface area contributed by atoms with E-state index in [0.29, 0.717) is 10.8 Å². The molecule has 0 aromatic carbocycles. The van der Waals surface area contributed by atoms with Gasteiger partial charge in [-0.15, -0.1) is 0 Å². The molecule has 0 amide bonds. The van der Waals surface area contributed by atoms with Crippen LogP contribution in [0.3, 0.4) is 0 Å². The van der Waals surface area contributed by atoms with Gasteiger partial charge in [-0.2, -0.15) is 0 Å². The maximum absolute atomic E-state index is 2.60. The Labute approximate surface area is 170 Å². The summed E-state index contributed by atoms with van der Waals surface area (Å²) in [6.45, 7) is 19.2. The van der Waals surface area contributed by atoms with E-state index in [4.69, 9.17) is 0 Å². The van der Waals surface area contributed by atoms with Gasteiger partial charge in [-0.25, -0.2) is 0 Å². The molecule has 0 radical (unpaired) electrons. The first-order valence-electron chi connectivity index (χ1n) is 8.50. The fraction of sp³-hybridized carbons (Fsp3) is 0.600. The predicted molar refractivity (Wildman–Crippen MR) is 98.0 cm³/mol. The van der Waals surface area contributed by atoms with Crippen molar-refractivity contribution in [3.8, 4) is 0 Å². The molecular weight excluding hydrogens is 430 g/mol. The first kappa shape index (κ1) is 24.6. The van der Waals surface area contributed by atoms with Gasteiger partial charge in [0, 0.05) is 0 Å². The summed E-state index contributed by atoms with van der Waals surface area (Å²) in [5.74, 6) is 0. The van der Waals surface area contributed by atoms with Gasteiger partial charge in [0.25, 0.3) is 0 Å². The van der Waals surface area contributed by atoms with Crippen LogP contribution >= 0.6 is 0 Å². The van der Waals surface area contributed by atoms with Gasteiger partial charge in [0.2, 0.25) is 0 Å². The molecule has 0 aliphatic heterocycles. The van der Waals surface area contributed by atoms with E-state index in [9.17, 15) is 0 Å². The molecule has 0 N–H and O–H groups in total. The van der Waals surface area contributed by atoms with Crippen LogP contribution in [0.25, 0.3) is 0 Å². The second-order valence-electron chi connectivity index (χ2n) is 8.97. The van der Waals surface area contributed by atoms with Crippen LogP contribution in [0.2, 0.25) is 13.1 Å². The van der Waals surface area contributed by atoms with Crippen LogP contribution < -0.4 is 24.8 Å². The minimum Gasteiger partial charge on any atom is -1.00 e. The van der Waals surface area contributed by atoms with Crippen molar-refractivity contribution in [3.63, 3.8) is 0 Å². The van der Waals surface area contributed by atoms with E-state index >= 15 is 0 Å². The predicted octanol–water partition coefficient (Wildman–Crippen LogP) is 0.384. The van der Waals surface area contributed by atoms with Crippen LogP contribution in [0.15, 0.2) is 42.0 Å². The summed E-state index contributed by atoms with van der Waals surface area (Å²) < 4.78 is 3.72. The molecule has 2 rings (SSSR count). The molecule has 0 aromatic rings. The van der Waals surface area contributed by atoms with Crippen LogP contribution in [0, 0.1) is 10.8 Å². The monoisotopic (exact) mass is 460 g/mol. The van der Waals surface area contributed by atoms with Crippen molar-refractivity contribution >= 4 is 5.43 Å². The summed E-state index contributed by atoms with van der Waals surface area (Å²) in [6.07, 6.45) is 12.6. The van der Waals surface area contributed by atoms with Gasteiger partial charge in [0.1, 0.15) is 0 Å². The quantitative estimate of drug-likeness (QED) is 0.521. The molecule has 4 heteroatoms. The number of rotatable bonds is 2. The number of allylic oxidation sites excluding steroid dienone is 8. The number of hydrogen-bond donors (Lipinski definition) is 0. The standard InChI is InChI=1S/2C9H13.C2H6Si.2ClH.Zr/c2*1-9(2,3)8-6-4-5-7-8;1-3-2;;;/h6-7H,4H2,1-3H3;4,6H,7H2,1-3H3;1-2H3;2*1H;/q;;;;;+2/p-2. The van der Waals surface area contributed by atoms with E-state index in [-0.39, 0.29) is 30.2 Å². The SMILES string of the molecule is C[Si](C)=[Zr+2]([C]1=CC(C(C)(C)C)=CC1)[C]1=CC=C(C(C)(C)C)C1.[Cl-].[Cl-]. The zero-order valence-electron chi connectivity index (χ0n) is 16.5. The van der Waals surface area contributed by atoms with E-state index in [0.717, 1.165) is 0 Å². The fourth-order valence-electron chi connectivity index (χ4n) is 3.28. The van der Waals surface area contributed by atoms with Crippen molar-refractivity contribution < 1.29 is 45.2 Å². The van der Waals surface area contributed by atoms with Gasteiger partial charge in [-0.05, 0) is 0 Å². The summed E-state index contributed by atoms with van der Waals surface area (Å²) in [6, 6.07) is 0. The first-order valence-corrected chi connectivity index (χ1v) is 17.1. The van der Waals surface area contributed by atoms with Gasteiger partial charge in [-0.1, -0.05) is 0 Å². The van der Waals surface area contributed by atoms with Crippen molar-refractivity contribution in [1.29, 1.82) is 0 Å². The first-order chi connectivity index (χ1) is 10.00. The zero-order chi connectivity index (χ0) is 16.7. The van der Waals surface area contributed by atoms with Crippen molar-refractivity contribution in [2.45, 2.75) is 67.5 Å². The Morgan fingerprint density at radius 3 is 1.83 bits per heavy atom. The zero-order valence-corrected chi connectivity index (χ0v) is 21.4. The average Bonchev–Trinajstić information content (AvgIpc) is 2.95. The average molecular weight is 463 g/mol. The fourth-order valence-corrected chi connectivity index (χ4v) is 20.1. The number of halogens is 2. The van der Waals surface area contributed by atoms with Crippen LogP contribution in [-0.4, -0.2) is 5.43 Å². The minimum absolute atomic E-state index is 0. The molecule has 0 nitrogen and oxygen atoms in total. The van der Waals surface area contributed by atoms with Crippen molar-refractivity contribution in [3.05, 3.63) is 42.0 Å². The Morgan fingerprint density at radius 2 is 1.46 bits per heavy atom. The molecule has 0 saturated heterocycles. The minimum atomic E-state index is -1.59. The molecule has 0 unspecified atom stereocenters. The largest absolute Gasteiger partial charge is 1.00 e. The maximum Gasteiger partial charge on any atom is -1.00 e.